The van der Waals surface area contributed by atoms with Gasteiger partial charge in [0.25, 0.3) is 0 Å². The summed E-state index contributed by atoms with van der Waals surface area (Å²) in [5.41, 5.74) is 1.51. The van der Waals surface area contributed by atoms with Crippen molar-refractivity contribution in [1.82, 2.24) is 9.36 Å². The zero-order chi connectivity index (χ0) is 11.4. The van der Waals surface area contributed by atoms with Crippen molar-refractivity contribution in [2.45, 2.75) is 5.03 Å². The average molecular weight is 248 g/mol. The van der Waals surface area contributed by atoms with Crippen LogP contribution in [0.5, 0.6) is 0 Å². The SMILES string of the molecule is CSc1nsc(Nc2ccncc2)c1C#N. The van der Waals surface area contributed by atoms with Crippen molar-refractivity contribution in [3.05, 3.63) is 30.1 Å². The zero-order valence-corrected chi connectivity index (χ0v) is 10.1. The van der Waals surface area contributed by atoms with Gasteiger partial charge in [-0.3, -0.25) is 4.98 Å². The Kier molecular flexibility index (Phi) is 3.39. The highest BCUT2D eigenvalue weighted by Gasteiger charge is 2.12. The van der Waals surface area contributed by atoms with Crippen LogP contribution >= 0.6 is 23.3 Å². The summed E-state index contributed by atoms with van der Waals surface area (Å²) in [6.45, 7) is 0. The van der Waals surface area contributed by atoms with Gasteiger partial charge in [0.2, 0.25) is 0 Å². The molecule has 0 radical (unpaired) electrons. The van der Waals surface area contributed by atoms with E-state index in [-0.39, 0.29) is 0 Å². The topological polar surface area (TPSA) is 61.6 Å². The Morgan fingerprint density at radius 3 is 2.81 bits per heavy atom. The first kappa shape index (κ1) is 10.9. The lowest BCUT2D eigenvalue weighted by molar-refractivity contribution is 1.26. The van der Waals surface area contributed by atoms with Crippen LogP contribution < -0.4 is 5.32 Å². The molecule has 0 aliphatic rings. The number of nitrogens with zero attached hydrogens (tertiary/aromatic N) is 3. The lowest BCUT2D eigenvalue weighted by atomic mass is 10.3. The summed E-state index contributed by atoms with van der Waals surface area (Å²) in [5, 5.41) is 13.8. The second-order valence-electron chi connectivity index (χ2n) is 2.87. The van der Waals surface area contributed by atoms with E-state index >= 15 is 0 Å². The van der Waals surface area contributed by atoms with Crippen molar-refractivity contribution in [2.24, 2.45) is 0 Å². The molecule has 0 atom stereocenters. The second kappa shape index (κ2) is 4.96. The molecule has 2 rings (SSSR count). The molecule has 0 aliphatic heterocycles. The zero-order valence-electron chi connectivity index (χ0n) is 8.47. The number of anilines is 2. The van der Waals surface area contributed by atoms with Gasteiger partial charge >= 0.3 is 0 Å². The molecule has 2 aromatic rings. The average Bonchev–Trinajstić information content (AvgIpc) is 2.72. The smallest absolute Gasteiger partial charge is 0.133 e. The molecule has 0 saturated heterocycles. The largest absolute Gasteiger partial charge is 0.345 e. The summed E-state index contributed by atoms with van der Waals surface area (Å²) in [6, 6.07) is 5.86. The molecule has 0 bridgehead atoms. The maximum absolute atomic E-state index is 9.05. The van der Waals surface area contributed by atoms with Crippen LogP contribution in [0, 0.1) is 11.3 Å². The van der Waals surface area contributed by atoms with E-state index in [4.69, 9.17) is 5.26 Å². The van der Waals surface area contributed by atoms with Crippen LogP contribution in [0.25, 0.3) is 0 Å². The van der Waals surface area contributed by atoms with Gasteiger partial charge in [0.1, 0.15) is 21.7 Å². The fourth-order valence-electron chi connectivity index (χ4n) is 1.17. The monoisotopic (exact) mass is 248 g/mol. The summed E-state index contributed by atoms with van der Waals surface area (Å²) < 4.78 is 4.21. The molecule has 0 aromatic carbocycles. The van der Waals surface area contributed by atoms with Gasteiger partial charge in [0.05, 0.1) is 0 Å². The van der Waals surface area contributed by atoms with Crippen LogP contribution in [0.3, 0.4) is 0 Å². The molecule has 0 amide bonds. The lowest BCUT2D eigenvalue weighted by Gasteiger charge is -2.02. The van der Waals surface area contributed by atoms with E-state index in [9.17, 15) is 0 Å². The minimum atomic E-state index is 0.606. The molecular weight excluding hydrogens is 240 g/mol. The number of nitriles is 1. The van der Waals surface area contributed by atoms with Gasteiger partial charge in [0.15, 0.2) is 0 Å². The minimum Gasteiger partial charge on any atom is -0.345 e. The molecule has 0 saturated carbocycles. The molecule has 80 valence electrons. The molecule has 2 aromatic heterocycles. The number of hydrogen-bond donors (Lipinski definition) is 1. The minimum absolute atomic E-state index is 0.606. The first-order chi connectivity index (χ1) is 7.85. The van der Waals surface area contributed by atoms with Crippen LogP contribution in [0.15, 0.2) is 29.6 Å². The first-order valence-corrected chi connectivity index (χ1v) is 6.45. The van der Waals surface area contributed by atoms with Gasteiger partial charge in [-0.15, -0.1) is 11.8 Å². The fraction of sp³-hybridized carbons (Fsp3) is 0.100. The predicted octanol–water partition coefficient (Wildman–Crippen LogP) is 2.88. The molecule has 16 heavy (non-hydrogen) atoms. The Morgan fingerprint density at radius 1 is 1.44 bits per heavy atom. The van der Waals surface area contributed by atoms with Crippen LogP contribution in [-0.4, -0.2) is 15.6 Å². The van der Waals surface area contributed by atoms with Crippen molar-refractivity contribution in [2.75, 3.05) is 11.6 Å². The van der Waals surface area contributed by atoms with E-state index in [0.717, 1.165) is 15.7 Å². The van der Waals surface area contributed by atoms with Crippen LogP contribution in [-0.2, 0) is 0 Å². The second-order valence-corrected chi connectivity index (χ2v) is 4.44. The quantitative estimate of drug-likeness (QED) is 0.846. The molecule has 0 spiro atoms. The molecule has 6 heteroatoms. The van der Waals surface area contributed by atoms with Crippen LogP contribution in [0.1, 0.15) is 5.56 Å². The van der Waals surface area contributed by atoms with E-state index in [1.807, 2.05) is 18.4 Å². The number of thioether (sulfide) groups is 1. The maximum atomic E-state index is 9.05. The van der Waals surface area contributed by atoms with E-state index in [1.165, 1.54) is 23.3 Å². The Bertz CT molecular complexity index is 515. The molecule has 2 heterocycles. The standard InChI is InChI=1S/C10H8N4S2/c1-15-10-8(6-11)9(16-14-10)13-7-2-4-12-5-3-7/h2-5H,1H3,(H,12,13). The highest BCUT2D eigenvalue weighted by Crippen LogP contribution is 2.31. The summed E-state index contributed by atoms with van der Waals surface area (Å²) in [5.74, 6) is 0. The number of pyridine rings is 1. The van der Waals surface area contributed by atoms with Crippen molar-refractivity contribution >= 4 is 34.0 Å². The molecule has 4 nitrogen and oxygen atoms in total. The lowest BCUT2D eigenvalue weighted by Crippen LogP contribution is -1.89. The third-order valence-electron chi connectivity index (χ3n) is 1.90. The number of aromatic nitrogens is 2. The summed E-state index contributed by atoms with van der Waals surface area (Å²) >= 11 is 2.77. The highest BCUT2D eigenvalue weighted by atomic mass is 32.2. The van der Waals surface area contributed by atoms with Gasteiger partial charge < -0.3 is 5.32 Å². The van der Waals surface area contributed by atoms with E-state index in [1.54, 1.807) is 12.4 Å². The number of hydrogen-bond acceptors (Lipinski definition) is 6. The summed E-state index contributed by atoms with van der Waals surface area (Å²) in [4.78, 5) is 3.93. The third kappa shape index (κ3) is 2.15. The maximum Gasteiger partial charge on any atom is 0.133 e. The summed E-state index contributed by atoms with van der Waals surface area (Å²) in [7, 11) is 0. The van der Waals surface area contributed by atoms with Gasteiger partial charge in [-0.2, -0.15) is 9.64 Å². The van der Waals surface area contributed by atoms with Crippen molar-refractivity contribution in [1.29, 1.82) is 5.26 Å². The fourth-order valence-corrected chi connectivity index (χ4v) is 2.65. The van der Waals surface area contributed by atoms with Gasteiger partial charge in [-0.1, -0.05) is 0 Å². The number of nitrogens with one attached hydrogen (secondary N) is 1. The Balaban J connectivity index is 2.29. The van der Waals surface area contributed by atoms with Crippen molar-refractivity contribution in [3.63, 3.8) is 0 Å². The van der Waals surface area contributed by atoms with Crippen LogP contribution in [0.4, 0.5) is 10.7 Å². The normalized spacial score (nSPS) is 9.75. The van der Waals surface area contributed by atoms with E-state index in [0.29, 0.717) is 5.56 Å². The predicted molar refractivity (Wildman–Crippen MR) is 66.1 cm³/mol. The molecular formula is C10H8N4S2. The van der Waals surface area contributed by atoms with Crippen LogP contribution in [0.2, 0.25) is 0 Å². The van der Waals surface area contributed by atoms with Crippen molar-refractivity contribution < 1.29 is 0 Å². The van der Waals surface area contributed by atoms with Crippen molar-refractivity contribution in [3.8, 4) is 6.07 Å². The molecule has 0 fully saturated rings. The van der Waals surface area contributed by atoms with Gasteiger partial charge in [0, 0.05) is 18.1 Å². The molecule has 0 aliphatic carbocycles. The van der Waals surface area contributed by atoms with E-state index in [2.05, 4.69) is 20.7 Å². The van der Waals surface area contributed by atoms with Gasteiger partial charge in [-0.05, 0) is 29.9 Å². The third-order valence-corrected chi connectivity index (χ3v) is 3.46. The van der Waals surface area contributed by atoms with E-state index < -0.39 is 0 Å². The number of rotatable bonds is 3. The Labute approximate surface area is 102 Å². The molecule has 0 unspecified atom stereocenters. The first-order valence-electron chi connectivity index (χ1n) is 4.46. The Morgan fingerprint density at radius 2 is 2.19 bits per heavy atom. The van der Waals surface area contributed by atoms with Gasteiger partial charge in [-0.25, -0.2) is 0 Å². The molecule has 1 N–H and O–H groups in total. The highest BCUT2D eigenvalue weighted by molar-refractivity contribution is 7.98. The Hall–Kier alpha value is -1.58. The summed E-state index contributed by atoms with van der Waals surface area (Å²) in [6.07, 6.45) is 5.31.